The number of nitrogens with one attached hydrogen (secondary N) is 2. The number of benzene rings is 2. The molecule has 0 bridgehead atoms. The maximum Gasteiger partial charge on any atom is 0.275 e. The molecular weight excluding hydrogens is 312 g/mol. The lowest BCUT2D eigenvalue weighted by molar-refractivity contribution is -0.885. The van der Waals surface area contributed by atoms with Crippen molar-refractivity contribution < 1.29 is 14.1 Å². The van der Waals surface area contributed by atoms with Crippen LogP contribution in [0.2, 0.25) is 0 Å². The van der Waals surface area contributed by atoms with E-state index in [-0.39, 0.29) is 11.9 Å². The SMILES string of the molecule is Cc1ccccc1C[NH+](C)CC(=O)N[C@@H](C)c1cc2ccccc2o1. The first-order valence-electron chi connectivity index (χ1n) is 8.66. The van der Waals surface area contributed by atoms with Gasteiger partial charge in [0, 0.05) is 10.9 Å². The summed E-state index contributed by atoms with van der Waals surface area (Å²) in [5.41, 5.74) is 3.39. The Morgan fingerprint density at radius 3 is 2.64 bits per heavy atom. The molecule has 4 heteroatoms. The first kappa shape index (κ1) is 17.2. The van der Waals surface area contributed by atoms with Crippen molar-refractivity contribution in [1.29, 1.82) is 0 Å². The number of likely N-dealkylation sites (N-methyl/N-ethyl adjacent to an activating group) is 1. The van der Waals surface area contributed by atoms with Gasteiger partial charge in [-0.2, -0.15) is 0 Å². The third-order valence-electron chi connectivity index (χ3n) is 4.46. The molecule has 1 heterocycles. The van der Waals surface area contributed by atoms with Crippen molar-refractivity contribution >= 4 is 16.9 Å². The van der Waals surface area contributed by atoms with Crippen molar-refractivity contribution in [2.45, 2.75) is 26.4 Å². The zero-order valence-electron chi connectivity index (χ0n) is 15.0. The summed E-state index contributed by atoms with van der Waals surface area (Å²) in [5, 5.41) is 4.09. The molecule has 25 heavy (non-hydrogen) atoms. The van der Waals surface area contributed by atoms with E-state index in [1.165, 1.54) is 11.1 Å². The van der Waals surface area contributed by atoms with E-state index >= 15 is 0 Å². The summed E-state index contributed by atoms with van der Waals surface area (Å²) in [4.78, 5) is 13.5. The highest BCUT2D eigenvalue weighted by atomic mass is 16.3. The van der Waals surface area contributed by atoms with Crippen LogP contribution in [0.25, 0.3) is 11.0 Å². The van der Waals surface area contributed by atoms with E-state index in [1.54, 1.807) is 0 Å². The summed E-state index contributed by atoms with van der Waals surface area (Å²) in [6, 6.07) is 18.0. The summed E-state index contributed by atoms with van der Waals surface area (Å²) < 4.78 is 5.83. The maximum atomic E-state index is 12.4. The molecule has 0 fully saturated rings. The monoisotopic (exact) mass is 337 g/mol. The van der Waals surface area contributed by atoms with Crippen LogP contribution in [0.15, 0.2) is 59.0 Å². The van der Waals surface area contributed by atoms with Crippen molar-refractivity contribution in [2.24, 2.45) is 0 Å². The zero-order valence-corrected chi connectivity index (χ0v) is 15.0. The number of aryl methyl sites for hydroxylation is 1. The molecule has 0 saturated carbocycles. The number of furan rings is 1. The van der Waals surface area contributed by atoms with E-state index in [4.69, 9.17) is 4.42 Å². The van der Waals surface area contributed by atoms with Crippen LogP contribution in [0.3, 0.4) is 0 Å². The molecule has 1 unspecified atom stereocenters. The van der Waals surface area contributed by atoms with Gasteiger partial charge in [-0.1, -0.05) is 42.5 Å². The molecule has 0 aliphatic rings. The molecule has 1 amide bonds. The highest BCUT2D eigenvalue weighted by Crippen LogP contribution is 2.23. The third kappa shape index (κ3) is 4.28. The Bertz CT molecular complexity index is 836. The van der Waals surface area contributed by atoms with Crippen molar-refractivity contribution in [1.82, 2.24) is 5.32 Å². The summed E-state index contributed by atoms with van der Waals surface area (Å²) in [6.45, 7) is 5.32. The minimum atomic E-state index is -0.147. The number of carbonyl (C=O) groups is 1. The predicted octanol–water partition coefficient (Wildman–Crippen LogP) is 2.63. The second-order valence-corrected chi connectivity index (χ2v) is 6.71. The topological polar surface area (TPSA) is 46.7 Å². The van der Waals surface area contributed by atoms with Crippen molar-refractivity contribution in [3.8, 4) is 0 Å². The molecule has 2 aromatic carbocycles. The lowest BCUT2D eigenvalue weighted by Gasteiger charge is -2.17. The van der Waals surface area contributed by atoms with Crippen LogP contribution in [-0.2, 0) is 11.3 Å². The van der Waals surface area contributed by atoms with E-state index in [9.17, 15) is 4.79 Å². The van der Waals surface area contributed by atoms with Crippen molar-refractivity contribution in [2.75, 3.05) is 13.6 Å². The molecule has 130 valence electrons. The molecule has 2 N–H and O–H groups in total. The van der Waals surface area contributed by atoms with E-state index in [1.807, 2.05) is 56.4 Å². The Kier molecular flexibility index (Phi) is 5.19. The lowest BCUT2D eigenvalue weighted by Crippen LogP contribution is -3.09. The molecule has 0 saturated heterocycles. The van der Waals surface area contributed by atoms with Gasteiger partial charge in [-0.05, 0) is 31.5 Å². The Balaban J connectivity index is 1.57. The largest absolute Gasteiger partial charge is 0.459 e. The second kappa shape index (κ2) is 7.53. The van der Waals surface area contributed by atoms with Gasteiger partial charge in [0.05, 0.1) is 13.1 Å². The molecule has 3 rings (SSSR count). The van der Waals surface area contributed by atoms with Crippen molar-refractivity contribution in [3.63, 3.8) is 0 Å². The predicted molar refractivity (Wildman–Crippen MR) is 99.4 cm³/mol. The fraction of sp³-hybridized carbons (Fsp3) is 0.286. The van der Waals surface area contributed by atoms with Crippen molar-refractivity contribution in [3.05, 3.63) is 71.5 Å². The van der Waals surface area contributed by atoms with Gasteiger partial charge in [-0.25, -0.2) is 0 Å². The number of fused-ring (bicyclic) bond motifs is 1. The average Bonchev–Trinajstić information content (AvgIpc) is 3.01. The number of rotatable bonds is 6. The van der Waals surface area contributed by atoms with Gasteiger partial charge in [-0.3, -0.25) is 4.79 Å². The average molecular weight is 337 g/mol. The van der Waals surface area contributed by atoms with Gasteiger partial charge in [0.2, 0.25) is 0 Å². The molecule has 4 nitrogen and oxygen atoms in total. The van der Waals surface area contributed by atoms with Gasteiger partial charge in [-0.15, -0.1) is 0 Å². The Labute approximate surface area is 148 Å². The number of hydrogen-bond acceptors (Lipinski definition) is 2. The molecule has 0 aliphatic carbocycles. The first-order valence-corrected chi connectivity index (χ1v) is 8.66. The highest BCUT2D eigenvalue weighted by molar-refractivity contribution is 5.79. The number of amides is 1. The third-order valence-corrected chi connectivity index (χ3v) is 4.46. The summed E-state index contributed by atoms with van der Waals surface area (Å²) in [7, 11) is 2.04. The van der Waals surface area contributed by atoms with Crippen LogP contribution >= 0.6 is 0 Å². The summed E-state index contributed by atoms with van der Waals surface area (Å²) >= 11 is 0. The van der Waals surface area contributed by atoms with E-state index in [2.05, 4.69) is 24.4 Å². The number of quaternary nitrogens is 1. The maximum absolute atomic E-state index is 12.4. The van der Waals surface area contributed by atoms with Crippen LogP contribution in [0.4, 0.5) is 0 Å². The number of carbonyl (C=O) groups excluding carboxylic acids is 1. The van der Waals surface area contributed by atoms with Crippen LogP contribution in [0.1, 0.15) is 29.9 Å². The van der Waals surface area contributed by atoms with E-state index < -0.39 is 0 Å². The Hall–Kier alpha value is -2.59. The van der Waals surface area contributed by atoms with E-state index in [0.717, 1.165) is 28.2 Å². The zero-order chi connectivity index (χ0) is 17.8. The van der Waals surface area contributed by atoms with Crippen LogP contribution in [-0.4, -0.2) is 19.5 Å². The molecule has 1 aromatic heterocycles. The van der Waals surface area contributed by atoms with Gasteiger partial charge in [0.1, 0.15) is 17.9 Å². The van der Waals surface area contributed by atoms with Gasteiger partial charge in [0.15, 0.2) is 6.54 Å². The molecule has 0 radical (unpaired) electrons. The highest BCUT2D eigenvalue weighted by Gasteiger charge is 2.17. The number of para-hydroxylation sites is 1. The van der Waals surface area contributed by atoms with Gasteiger partial charge in [0.25, 0.3) is 5.91 Å². The van der Waals surface area contributed by atoms with Gasteiger partial charge < -0.3 is 14.6 Å². The quantitative estimate of drug-likeness (QED) is 0.726. The van der Waals surface area contributed by atoms with Crippen LogP contribution in [0.5, 0.6) is 0 Å². The lowest BCUT2D eigenvalue weighted by atomic mass is 10.1. The summed E-state index contributed by atoms with van der Waals surface area (Å²) in [5.74, 6) is 0.810. The first-order chi connectivity index (χ1) is 12.0. The normalized spacial score (nSPS) is 13.6. The smallest absolute Gasteiger partial charge is 0.275 e. The Morgan fingerprint density at radius 1 is 1.16 bits per heavy atom. The minimum absolute atomic E-state index is 0.0269. The fourth-order valence-electron chi connectivity index (χ4n) is 3.05. The molecular formula is C21H25N2O2+. The Morgan fingerprint density at radius 2 is 1.88 bits per heavy atom. The standard InChI is InChI=1S/C21H24N2O2/c1-15-8-4-5-10-18(15)13-23(3)14-21(24)22-16(2)20-12-17-9-6-7-11-19(17)25-20/h4-12,16H,13-14H2,1-3H3,(H,22,24)/p+1/t16-/m0/s1. The summed E-state index contributed by atoms with van der Waals surface area (Å²) in [6.07, 6.45) is 0. The molecule has 3 aromatic rings. The molecule has 0 spiro atoms. The number of hydrogen-bond donors (Lipinski definition) is 2. The molecule has 2 atom stereocenters. The van der Waals surface area contributed by atoms with Gasteiger partial charge >= 0.3 is 0 Å². The minimum Gasteiger partial charge on any atom is -0.459 e. The van der Waals surface area contributed by atoms with Crippen LogP contribution < -0.4 is 10.2 Å². The fourth-order valence-corrected chi connectivity index (χ4v) is 3.05. The second-order valence-electron chi connectivity index (χ2n) is 6.71. The van der Waals surface area contributed by atoms with E-state index in [0.29, 0.717) is 6.54 Å². The van der Waals surface area contributed by atoms with Crippen LogP contribution in [0, 0.1) is 6.92 Å². The molecule has 0 aliphatic heterocycles.